The lowest BCUT2D eigenvalue weighted by molar-refractivity contribution is -0.0229. The molecule has 1 aromatic carbocycles. The summed E-state index contributed by atoms with van der Waals surface area (Å²) in [4.78, 5) is 14.8. The van der Waals surface area contributed by atoms with Crippen molar-refractivity contribution in [3.8, 4) is 0 Å². The van der Waals surface area contributed by atoms with E-state index in [2.05, 4.69) is 0 Å². The lowest BCUT2D eigenvalue weighted by atomic mass is 9.74. The van der Waals surface area contributed by atoms with Gasteiger partial charge >= 0.3 is 0 Å². The maximum atomic E-state index is 13.0. The van der Waals surface area contributed by atoms with E-state index >= 15 is 0 Å². The predicted molar refractivity (Wildman–Crippen MR) is 90.2 cm³/mol. The minimum Gasteiger partial charge on any atom is -0.381 e. The summed E-state index contributed by atoms with van der Waals surface area (Å²) in [6.07, 6.45) is 4.05. The summed E-state index contributed by atoms with van der Waals surface area (Å²) in [6.45, 7) is 4.74. The van der Waals surface area contributed by atoms with E-state index in [9.17, 15) is 13.2 Å². The normalized spacial score (nSPS) is 21.0. The van der Waals surface area contributed by atoms with Gasteiger partial charge in [-0.3, -0.25) is 4.79 Å². The maximum Gasteiger partial charge on any atom is 0.254 e. The number of ether oxygens (including phenoxy) is 1. The molecule has 0 aromatic heterocycles. The van der Waals surface area contributed by atoms with Crippen LogP contribution in [0.25, 0.3) is 0 Å². The summed E-state index contributed by atoms with van der Waals surface area (Å²) in [6, 6.07) is 4.48. The molecule has 2 saturated heterocycles. The molecule has 2 N–H and O–H groups in total. The van der Waals surface area contributed by atoms with Gasteiger partial charge in [-0.2, -0.15) is 0 Å². The molecule has 7 heteroatoms. The summed E-state index contributed by atoms with van der Waals surface area (Å²) < 4.78 is 28.6. The molecule has 0 radical (unpaired) electrons. The van der Waals surface area contributed by atoms with E-state index in [1.807, 2.05) is 11.8 Å². The van der Waals surface area contributed by atoms with Crippen molar-refractivity contribution >= 4 is 15.9 Å². The van der Waals surface area contributed by atoms with Gasteiger partial charge in [0.1, 0.15) is 0 Å². The molecule has 2 aliphatic heterocycles. The molecule has 3 rings (SSSR count). The van der Waals surface area contributed by atoms with E-state index in [-0.39, 0.29) is 16.2 Å². The van der Waals surface area contributed by atoms with Crippen LogP contribution >= 0.6 is 0 Å². The van der Waals surface area contributed by atoms with Crippen molar-refractivity contribution < 1.29 is 17.9 Å². The van der Waals surface area contributed by atoms with Crippen LogP contribution in [-0.2, 0) is 14.8 Å². The van der Waals surface area contributed by atoms with Crippen molar-refractivity contribution in [2.45, 2.75) is 37.5 Å². The Balaban J connectivity index is 1.86. The first-order valence-electron chi connectivity index (χ1n) is 8.31. The van der Waals surface area contributed by atoms with Gasteiger partial charge in [-0.25, -0.2) is 13.6 Å². The second-order valence-corrected chi connectivity index (χ2v) is 8.53. The number of likely N-dealkylation sites (tertiary alicyclic amines) is 1. The van der Waals surface area contributed by atoms with Crippen LogP contribution in [0.15, 0.2) is 23.1 Å². The zero-order valence-electron chi connectivity index (χ0n) is 14.0. The van der Waals surface area contributed by atoms with Gasteiger partial charge in [0.25, 0.3) is 5.91 Å². The molecule has 2 fully saturated rings. The number of nitrogens with zero attached hydrogens (tertiary/aromatic N) is 1. The molecule has 0 bridgehead atoms. The molecule has 0 unspecified atom stereocenters. The van der Waals surface area contributed by atoms with Crippen LogP contribution in [0.2, 0.25) is 0 Å². The van der Waals surface area contributed by atoms with Crippen LogP contribution in [0, 0.1) is 12.3 Å². The van der Waals surface area contributed by atoms with Crippen molar-refractivity contribution in [2.75, 3.05) is 26.3 Å². The van der Waals surface area contributed by atoms with E-state index in [4.69, 9.17) is 9.88 Å². The van der Waals surface area contributed by atoms with Crippen LogP contribution < -0.4 is 5.14 Å². The number of carbonyl (C=O) groups excluding carboxylic acids is 1. The van der Waals surface area contributed by atoms with Crippen molar-refractivity contribution in [3.63, 3.8) is 0 Å². The standard InChI is InChI=1S/C17H24N2O4S/c1-13-3-4-14(24(18,21)22)11-15(13)16(20)19-8-2-5-17(12-19)6-9-23-10-7-17/h3-4,11H,2,5-10,12H2,1H3,(H2,18,21,22). The summed E-state index contributed by atoms with van der Waals surface area (Å²) in [5.41, 5.74) is 1.34. The highest BCUT2D eigenvalue weighted by Crippen LogP contribution is 2.39. The molecule has 2 aliphatic rings. The smallest absolute Gasteiger partial charge is 0.254 e. The highest BCUT2D eigenvalue weighted by atomic mass is 32.2. The minimum atomic E-state index is -3.82. The molecule has 0 saturated carbocycles. The first-order valence-corrected chi connectivity index (χ1v) is 9.86. The number of hydrogen-bond donors (Lipinski definition) is 1. The monoisotopic (exact) mass is 352 g/mol. The Morgan fingerprint density at radius 1 is 1.25 bits per heavy atom. The fourth-order valence-electron chi connectivity index (χ4n) is 3.77. The Hall–Kier alpha value is -1.44. The minimum absolute atomic E-state index is 0.0192. The zero-order valence-corrected chi connectivity index (χ0v) is 14.8. The third-order valence-electron chi connectivity index (χ3n) is 5.27. The van der Waals surface area contributed by atoms with E-state index in [0.717, 1.165) is 44.5 Å². The van der Waals surface area contributed by atoms with E-state index in [1.54, 1.807) is 6.07 Å². The molecule has 1 spiro atoms. The highest BCUT2D eigenvalue weighted by Gasteiger charge is 2.38. The summed E-state index contributed by atoms with van der Waals surface area (Å²) in [5.74, 6) is -0.108. The molecule has 0 aliphatic carbocycles. The Bertz CT molecular complexity index is 733. The van der Waals surface area contributed by atoms with Crippen molar-refractivity contribution in [1.82, 2.24) is 4.90 Å². The fourth-order valence-corrected chi connectivity index (χ4v) is 4.31. The lowest BCUT2D eigenvalue weighted by Gasteiger charge is -2.45. The first kappa shape index (κ1) is 17.4. The van der Waals surface area contributed by atoms with Crippen molar-refractivity contribution in [3.05, 3.63) is 29.3 Å². The van der Waals surface area contributed by atoms with E-state index in [1.165, 1.54) is 12.1 Å². The van der Waals surface area contributed by atoms with Crippen LogP contribution in [0.5, 0.6) is 0 Å². The molecule has 1 aromatic rings. The van der Waals surface area contributed by atoms with Crippen molar-refractivity contribution in [1.29, 1.82) is 0 Å². The van der Waals surface area contributed by atoms with Crippen molar-refractivity contribution in [2.24, 2.45) is 10.6 Å². The number of nitrogens with two attached hydrogens (primary N) is 1. The molecule has 1 amide bonds. The Morgan fingerprint density at radius 2 is 1.96 bits per heavy atom. The second kappa shape index (κ2) is 6.46. The Kier molecular flexibility index (Phi) is 4.68. The zero-order chi connectivity index (χ0) is 17.4. The molecule has 24 heavy (non-hydrogen) atoms. The fraction of sp³-hybridized carbons (Fsp3) is 0.588. The van der Waals surface area contributed by atoms with Crippen LogP contribution in [0.4, 0.5) is 0 Å². The van der Waals surface area contributed by atoms with E-state index < -0.39 is 10.0 Å². The lowest BCUT2D eigenvalue weighted by Crippen LogP contribution is -2.48. The number of benzene rings is 1. The molecule has 132 valence electrons. The average Bonchev–Trinajstić information content (AvgIpc) is 2.54. The number of hydrogen-bond acceptors (Lipinski definition) is 4. The van der Waals surface area contributed by atoms with Crippen LogP contribution in [0.1, 0.15) is 41.6 Å². The summed E-state index contributed by atoms with van der Waals surface area (Å²) in [7, 11) is -3.82. The van der Waals surface area contributed by atoms with Gasteiger partial charge in [0.2, 0.25) is 10.0 Å². The SMILES string of the molecule is Cc1ccc(S(N)(=O)=O)cc1C(=O)N1CCCC2(CCOCC2)C1. The van der Waals surface area contributed by atoms with Gasteiger partial charge in [-0.05, 0) is 55.7 Å². The van der Waals surface area contributed by atoms with Gasteiger partial charge in [-0.1, -0.05) is 6.07 Å². The molecule has 0 atom stereocenters. The largest absolute Gasteiger partial charge is 0.381 e. The maximum absolute atomic E-state index is 13.0. The number of aryl methyl sites for hydroxylation is 1. The molecule has 6 nitrogen and oxygen atoms in total. The Labute approximate surface area is 143 Å². The highest BCUT2D eigenvalue weighted by molar-refractivity contribution is 7.89. The molecule has 2 heterocycles. The Morgan fingerprint density at radius 3 is 2.62 bits per heavy atom. The topological polar surface area (TPSA) is 89.7 Å². The number of sulfonamides is 1. The van der Waals surface area contributed by atoms with E-state index in [0.29, 0.717) is 18.7 Å². The van der Waals surface area contributed by atoms with Crippen LogP contribution in [0.3, 0.4) is 0 Å². The summed E-state index contributed by atoms with van der Waals surface area (Å²) in [5, 5.41) is 5.20. The third kappa shape index (κ3) is 3.48. The third-order valence-corrected chi connectivity index (χ3v) is 6.18. The van der Waals surface area contributed by atoms with Gasteiger partial charge < -0.3 is 9.64 Å². The van der Waals surface area contributed by atoms with Gasteiger partial charge in [0, 0.05) is 31.9 Å². The van der Waals surface area contributed by atoms with Gasteiger partial charge in [0.15, 0.2) is 0 Å². The van der Waals surface area contributed by atoms with Gasteiger partial charge in [-0.15, -0.1) is 0 Å². The molecular formula is C17H24N2O4S. The van der Waals surface area contributed by atoms with Gasteiger partial charge in [0.05, 0.1) is 4.90 Å². The number of piperidine rings is 1. The first-order chi connectivity index (χ1) is 11.3. The molecular weight excluding hydrogens is 328 g/mol. The summed E-state index contributed by atoms with van der Waals surface area (Å²) >= 11 is 0. The predicted octanol–water partition coefficient (Wildman–Crippen LogP) is 1.68. The number of amides is 1. The number of primary sulfonamides is 1. The number of rotatable bonds is 2. The average molecular weight is 352 g/mol. The van der Waals surface area contributed by atoms with Crippen LogP contribution in [-0.4, -0.2) is 45.5 Å². The quantitative estimate of drug-likeness (QED) is 0.877. The number of carbonyl (C=O) groups is 1. The second-order valence-electron chi connectivity index (χ2n) is 6.96.